The number of benzene rings is 3. The normalized spacial score (nSPS) is 13.8. The molecule has 2 amide bonds. The summed E-state index contributed by atoms with van der Waals surface area (Å²) in [6.45, 7) is 3.70. The van der Waals surface area contributed by atoms with E-state index in [9.17, 15) is 9.59 Å². The van der Waals surface area contributed by atoms with E-state index in [2.05, 4.69) is 54.0 Å². The van der Waals surface area contributed by atoms with Crippen molar-refractivity contribution in [2.24, 2.45) is 0 Å². The quantitative estimate of drug-likeness (QED) is 0.272. The van der Waals surface area contributed by atoms with E-state index in [1.165, 1.54) is 5.56 Å². The minimum absolute atomic E-state index is 0.132. The van der Waals surface area contributed by atoms with Crippen LogP contribution < -0.4 is 16.0 Å². The summed E-state index contributed by atoms with van der Waals surface area (Å²) < 4.78 is 0. The first-order valence-electron chi connectivity index (χ1n) is 12.5. The number of hydrogen-bond acceptors (Lipinski definition) is 4. The molecule has 0 unspecified atom stereocenters. The lowest BCUT2D eigenvalue weighted by molar-refractivity contribution is -0.110. The summed E-state index contributed by atoms with van der Waals surface area (Å²) in [6, 6.07) is 23.5. The van der Waals surface area contributed by atoms with Crippen molar-refractivity contribution in [1.29, 1.82) is 0 Å². The second kappa shape index (κ2) is 11.7. The zero-order chi connectivity index (χ0) is 25.5. The second-order valence-electron chi connectivity index (χ2n) is 9.32. The Morgan fingerprint density at radius 3 is 2.39 bits per heavy atom. The highest BCUT2D eigenvalue weighted by Crippen LogP contribution is 2.38. The molecular formula is C30H34N4O2. The monoisotopic (exact) mass is 482 g/mol. The Hall–Kier alpha value is -3.90. The fraction of sp³-hybridized carbons (Fsp3) is 0.267. The van der Waals surface area contributed by atoms with Gasteiger partial charge in [0.15, 0.2) is 0 Å². The van der Waals surface area contributed by atoms with Crippen LogP contribution in [0.4, 0.5) is 11.4 Å². The van der Waals surface area contributed by atoms with E-state index < -0.39 is 0 Å². The van der Waals surface area contributed by atoms with Crippen LogP contribution in [0, 0.1) is 0 Å². The molecule has 0 aromatic heterocycles. The van der Waals surface area contributed by atoms with Crippen molar-refractivity contribution in [2.75, 3.05) is 37.8 Å². The highest BCUT2D eigenvalue weighted by molar-refractivity contribution is 6.37. The number of unbranched alkanes of at least 4 members (excludes halogenated alkanes) is 1. The average Bonchev–Trinajstić information content (AvgIpc) is 3.22. The maximum absolute atomic E-state index is 13.2. The predicted molar refractivity (Wildman–Crippen MR) is 148 cm³/mol. The molecule has 0 radical (unpaired) electrons. The molecule has 1 heterocycles. The lowest BCUT2D eigenvalue weighted by Gasteiger charge is -2.16. The molecule has 6 heteroatoms. The number of carbonyl (C=O) groups is 2. The molecule has 1 aliphatic rings. The molecule has 1 aliphatic heterocycles. The van der Waals surface area contributed by atoms with Gasteiger partial charge in [-0.15, -0.1) is 0 Å². The Balaban J connectivity index is 1.71. The molecule has 0 saturated heterocycles. The maximum Gasteiger partial charge on any atom is 0.258 e. The Labute approximate surface area is 213 Å². The van der Waals surface area contributed by atoms with Crippen molar-refractivity contribution in [3.63, 3.8) is 0 Å². The molecular weight excluding hydrogens is 448 g/mol. The fourth-order valence-corrected chi connectivity index (χ4v) is 4.17. The van der Waals surface area contributed by atoms with Gasteiger partial charge in [-0.3, -0.25) is 9.59 Å². The first kappa shape index (κ1) is 25.2. The fourth-order valence-electron chi connectivity index (χ4n) is 4.17. The van der Waals surface area contributed by atoms with E-state index in [0.29, 0.717) is 29.1 Å². The molecule has 0 spiro atoms. The van der Waals surface area contributed by atoms with Gasteiger partial charge in [0, 0.05) is 35.6 Å². The summed E-state index contributed by atoms with van der Waals surface area (Å²) in [5.41, 5.74) is 6.23. The first-order valence-corrected chi connectivity index (χ1v) is 12.5. The van der Waals surface area contributed by atoms with Gasteiger partial charge in [0.25, 0.3) is 11.8 Å². The smallest absolute Gasteiger partial charge is 0.258 e. The number of amides is 2. The van der Waals surface area contributed by atoms with Gasteiger partial charge in [-0.25, -0.2) is 0 Å². The van der Waals surface area contributed by atoms with Gasteiger partial charge in [0.05, 0.1) is 11.3 Å². The summed E-state index contributed by atoms with van der Waals surface area (Å²) in [6.07, 6.45) is 2.91. The number of nitrogens with zero attached hydrogens (tertiary/aromatic N) is 1. The molecule has 36 heavy (non-hydrogen) atoms. The molecule has 0 fully saturated rings. The van der Waals surface area contributed by atoms with E-state index in [-0.39, 0.29) is 11.8 Å². The van der Waals surface area contributed by atoms with Crippen molar-refractivity contribution in [3.05, 3.63) is 95.1 Å². The van der Waals surface area contributed by atoms with Crippen LogP contribution in [0.15, 0.2) is 72.8 Å². The highest BCUT2D eigenvalue weighted by Gasteiger charge is 2.29. The van der Waals surface area contributed by atoms with Gasteiger partial charge < -0.3 is 20.9 Å². The number of carbonyl (C=O) groups excluding carboxylic acids is 2. The van der Waals surface area contributed by atoms with E-state index in [0.717, 1.165) is 42.6 Å². The molecule has 3 aromatic rings. The van der Waals surface area contributed by atoms with Crippen LogP contribution in [0.3, 0.4) is 0 Å². The lowest BCUT2D eigenvalue weighted by atomic mass is 9.98. The van der Waals surface area contributed by atoms with E-state index in [4.69, 9.17) is 0 Å². The third-order valence-electron chi connectivity index (χ3n) is 6.23. The summed E-state index contributed by atoms with van der Waals surface area (Å²) in [7, 11) is 4.14. The number of anilines is 2. The van der Waals surface area contributed by atoms with Crippen LogP contribution in [-0.2, 0) is 11.2 Å². The third kappa shape index (κ3) is 6.01. The maximum atomic E-state index is 13.2. The molecule has 0 aliphatic carbocycles. The van der Waals surface area contributed by atoms with E-state index in [1.54, 1.807) is 18.2 Å². The Morgan fingerprint density at radius 1 is 0.944 bits per heavy atom. The molecule has 6 nitrogen and oxygen atoms in total. The van der Waals surface area contributed by atoms with Crippen molar-refractivity contribution >= 4 is 34.5 Å². The number of hydrogen-bond donors (Lipinski definition) is 3. The van der Waals surface area contributed by atoms with Crippen molar-refractivity contribution in [2.45, 2.75) is 26.2 Å². The Kier molecular flexibility index (Phi) is 8.18. The zero-order valence-electron chi connectivity index (χ0n) is 21.2. The Morgan fingerprint density at radius 2 is 1.69 bits per heavy atom. The van der Waals surface area contributed by atoms with Crippen LogP contribution in [0.2, 0.25) is 0 Å². The van der Waals surface area contributed by atoms with Gasteiger partial charge in [0.1, 0.15) is 0 Å². The van der Waals surface area contributed by atoms with Gasteiger partial charge >= 0.3 is 0 Å². The molecule has 0 saturated carbocycles. The van der Waals surface area contributed by atoms with Gasteiger partial charge in [0.2, 0.25) is 0 Å². The van der Waals surface area contributed by atoms with Gasteiger partial charge in [-0.1, -0.05) is 55.8 Å². The van der Waals surface area contributed by atoms with Crippen LogP contribution >= 0.6 is 0 Å². The molecule has 186 valence electrons. The summed E-state index contributed by atoms with van der Waals surface area (Å²) >= 11 is 0. The first-order chi connectivity index (χ1) is 17.5. The number of fused-ring (bicyclic) bond motifs is 1. The van der Waals surface area contributed by atoms with Gasteiger partial charge in [-0.05, 0) is 68.4 Å². The topological polar surface area (TPSA) is 73.5 Å². The number of nitrogens with one attached hydrogen (secondary N) is 3. The summed E-state index contributed by atoms with van der Waals surface area (Å²) in [4.78, 5) is 28.1. The Bertz CT molecular complexity index is 1250. The van der Waals surface area contributed by atoms with Crippen LogP contribution in [0.25, 0.3) is 11.3 Å². The average molecular weight is 483 g/mol. The predicted octanol–water partition coefficient (Wildman–Crippen LogP) is 5.25. The molecule has 3 aromatic carbocycles. The van der Waals surface area contributed by atoms with Crippen molar-refractivity contribution in [3.8, 4) is 0 Å². The number of likely N-dealkylation sites (N-methyl/N-ethyl adjacent to an activating group) is 1. The number of rotatable bonds is 10. The van der Waals surface area contributed by atoms with Crippen LogP contribution in [0.1, 0.15) is 46.8 Å². The van der Waals surface area contributed by atoms with Crippen LogP contribution in [0.5, 0.6) is 0 Å². The third-order valence-corrected chi connectivity index (χ3v) is 6.23. The van der Waals surface area contributed by atoms with E-state index in [1.807, 2.05) is 42.5 Å². The van der Waals surface area contributed by atoms with Crippen molar-refractivity contribution in [1.82, 2.24) is 10.2 Å². The summed E-state index contributed by atoms with van der Waals surface area (Å²) in [5, 5.41) is 9.43. The molecule has 4 rings (SSSR count). The zero-order valence-corrected chi connectivity index (χ0v) is 21.2. The standard InChI is InChI=1S/C30H34N4O2/c1-4-5-18-31-29(35)23-13-16-26-25(20-23)27(30(36)33-26)28(22-9-7-6-8-10-22)32-24-14-11-21(12-15-24)17-19-34(2)3/h6-16,20,32H,4-5,17-19H2,1-3H3,(H,31,35)(H,33,36)/b28-27-. The minimum atomic E-state index is -0.192. The van der Waals surface area contributed by atoms with E-state index >= 15 is 0 Å². The molecule has 3 N–H and O–H groups in total. The SMILES string of the molecule is CCCCNC(=O)c1ccc2c(c1)/C(=C(/Nc1ccc(CCN(C)C)cc1)c1ccccc1)C(=O)N2. The van der Waals surface area contributed by atoms with Gasteiger partial charge in [-0.2, -0.15) is 0 Å². The molecule has 0 atom stereocenters. The minimum Gasteiger partial charge on any atom is -0.354 e. The van der Waals surface area contributed by atoms with Crippen LogP contribution in [-0.4, -0.2) is 43.9 Å². The van der Waals surface area contributed by atoms with Crippen molar-refractivity contribution < 1.29 is 9.59 Å². The second-order valence-corrected chi connectivity index (χ2v) is 9.32. The molecule has 0 bridgehead atoms. The summed E-state index contributed by atoms with van der Waals surface area (Å²) in [5.74, 6) is -0.324. The highest BCUT2D eigenvalue weighted by atomic mass is 16.2. The lowest BCUT2D eigenvalue weighted by Crippen LogP contribution is -2.24. The largest absolute Gasteiger partial charge is 0.354 e.